The molecule has 0 bridgehead atoms. The van der Waals surface area contributed by atoms with Crippen LogP contribution >= 0.6 is 0 Å². The molecule has 12 aromatic carbocycles. The summed E-state index contributed by atoms with van der Waals surface area (Å²) in [7, 11) is -2.08. The van der Waals surface area contributed by atoms with E-state index in [1.54, 1.807) is 0 Å². The zero-order valence-corrected chi connectivity index (χ0v) is 43.2. The molecule has 12 aromatic rings. The third-order valence-electron chi connectivity index (χ3n) is 16.7. The first kappa shape index (κ1) is 42.7. The van der Waals surface area contributed by atoms with Crippen molar-refractivity contribution in [1.82, 2.24) is 0 Å². The lowest BCUT2D eigenvalue weighted by molar-refractivity contribution is 0.487. The van der Waals surface area contributed by atoms with Crippen molar-refractivity contribution in [3.63, 3.8) is 0 Å². The SMILES string of the molecule is Cc1cc2c3c(cc4c([Si](C)(C)C)cc5c6c(cc1c3c46)B1c3ccccc3Oc3cc(N(c4ccccc4)c4ccccc4)cc-5c31)B1c3ccccc3Oc3cc(N(c4ccccc4)c4ccccc4)cc-2c31. The molecule has 4 aliphatic rings. The van der Waals surface area contributed by atoms with E-state index in [0.717, 1.165) is 57.1 Å². The predicted octanol–water partition coefficient (Wildman–Crippen LogP) is 13.6. The fourth-order valence-corrected chi connectivity index (χ4v) is 15.2. The van der Waals surface area contributed by atoms with Crippen LogP contribution in [-0.4, -0.2) is 21.5 Å². The topological polar surface area (TPSA) is 24.9 Å². The molecular formula is C68H48B2N2O2Si. The van der Waals surface area contributed by atoms with Crippen molar-refractivity contribution in [2.75, 3.05) is 9.80 Å². The zero-order chi connectivity index (χ0) is 49.8. The number of ether oxygens (including phenoxy) is 2. The van der Waals surface area contributed by atoms with E-state index >= 15 is 0 Å². The van der Waals surface area contributed by atoms with Gasteiger partial charge in [0, 0.05) is 34.9 Å². The first-order valence-electron chi connectivity index (χ1n) is 26.3. The maximum atomic E-state index is 7.16. The van der Waals surface area contributed by atoms with Gasteiger partial charge in [0.1, 0.15) is 23.0 Å². The number of para-hydroxylation sites is 6. The predicted molar refractivity (Wildman–Crippen MR) is 320 cm³/mol. The molecule has 0 aromatic heterocycles. The van der Waals surface area contributed by atoms with E-state index in [-0.39, 0.29) is 13.4 Å². The average molecular weight is 975 g/mol. The molecule has 4 heterocycles. The second-order valence-corrected chi connectivity index (χ2v) is 27.0. The fraction of sp³-hybridized carbons (Fsp3) is 0.0588. The zero-order valence-electron chi connectivity index (χ0n) is 42.2. The summed E-state index contributed by atoms with van der Waals surface area (Å²) >= 11 is 0. The van der Waals surface area contributed by atoms with Crippen molar-refractivity contribution in [2.24, 2.45) is 0 Å². The monoisotopic (exact) mass is 974 g/mol. The lowest BCUT2D eigenvalue weighted by atomic mass is 9.32. The Labute approximate surface area is 438 Å². The largest absolute Gasteiger partial charge is 0.458 e. The number of nitrogens with zero attached hydrogens (tertiary/aromatic N) is 2. The maximum Gasteiger partial charge on any atom is 0.252 e. The van der Waals surface area contributed by atoms with E-state index in [1.807, 2.05) is 0 Å². The Balaban J connectivity index is 1.05. The summed E-state index contributed by atoms with van der Waals surface area (Å²) in [4.78, 5) is 4.76. The highest BCUT2D eigenvalue weighted by Crippen LogP contribution is 2.50. The second kappa shape index (κ2) is 15.6. The molecule has 0 amide bonds. The van der Waals surface area contributed by atoms with E-state index in [4.69, 9.17) is 9.47 Å². The quantitative estimate of drug-likeness (QED) is 0.117. The van der Waals surface area contributed by atoms with Crippen LogP contribution in [0.5, 0.6) is 23.0 Å². The van der Waals surface area contributed by atoms with Gasteiger partial charge in [-0.25, -0.2) is 0 Å². The summed E-state index contributed by atoms with van der Waals surface area (Å²) in [6.07, 6.45) is 0. The van der Waals surface area contributed by atoms with Gasteiger partial charge in [0.15, 0.2) is 0 Å². The molecule has 0 radical (unpaired) electrons. The van der Waals surface area contributed by atoms with Crippen LogP contribution in [-0.2, 0) is 0 Å². The normalized spacial score (nSPS) is 13.2. The van der Waals surface area contributed by atoms with Gasteiger partial charge in [-0.15, -0.1) is 0 Å². The molecule has 7 heteroatoms. The van der Waals surface area contributed by atoms with E-state index in [0.29, 0.717) is 0 Å². The van der Waals surface area contributed by atoms with Crippen LogP contribution in [0.3, 0.4) is 0 Å². The molecule has 0 unspecified atom stereocenters. The van der Waals surface area contributed by atoms with E-state index in [1.165, 1.54) is 98.1 Å². The Kier molecular flexibility index (Phi) is 8.90. The van der Waals surface area contributed by atoms with Gasteiger partial charge in [-0.05, 0) is 162 Å². The minimum atomic E-state index is -2.08. The van der Waals surface area contributed by atoms with E-state index < -0.39 is 8.07 Å². The summed E-state index contributed by atoms with van der Waals surface area (Å²) in [5.74, 6) is 3.66. The Morgan fingerprint density at radius 1 is 0.333 bits per heavy atom. The highest BCUT2D eigenvalue weighted by atomic mass is 28.3. The number of fused-ring (bicyclic) bond motifs is 8. The van der Waals surface area contributed by atoms with Crippen LogP contribution in [0.1, 0.15) is 5.56 Å². The number of rotatable bonds is 7. The number of hydrogen-bond acceptors (Lipinski definition) is 4. The van der Waals surface area contributed by atoms with Gasteiger partial charge >= 0.3 is 0 Å². The van der Waals surface area contributed by atoms with Gasteiger partial charge < -0.3 is 19.3 Å². The summed E-state index contributed by atoms with van der Waals surface area (Å²) in [6.45, 7) is 9.87. The molecule has 0 fully saturated rings. The van der Waals surface area contributed by atoms with Crippen LogP contribution in [0.2, 0.25) is 19.6 Å². The molecule has 0 aliphatic carbocycles. The Hall–Kier alpha value is -8.77. The molecule has 0 N–H and O–H groups in total. The third-order valence-corrected chi connectivity index (χ3v) is 18.7. The molecule has 352 valence electrons. The van der Waals surface area contributed by atoms with Gasteiger partial charge in [0.2, 0.25) is 0 Å². The second-order valence-electron chi connectivity index (χ2n) is 22.0. The van der Waals surface area contributed by atoms with Crippen molar-refractivity contribution in [1.29, 1.82) is 0 Å². The maximum absolute atomic E-state index is 7.16. The molecule has 0 atom stereocenters. The molecule has 0 spiro atoms. The van der Waals surface area contributed by atoms with Crippen LogP contribution < -0.4 is 57.2 Å². The van der Waals surface area contributed by atoms with Crippen molar-refractivity contribution < 1.29 is 9.47 Å². The van der Waals surface area contributed by atoms with Crippen LogP contribution in [0.4, 0.5) is 34.1 Å². The molecule has 4 nitrogen and oxygen atoms in total. The van der Waals surface area contributed by atoms with Gasteiger partial charge in [0.05, 0.1) is 19.4 Å². The molecule has 75 heavy (non-hydrogen) atoms. The Bertz CT molecular complexity index is 4290. The van der Waals surface area contributed by atoms with E-state index in [2.05, 4.69) is 255 Å². The number of hydrogen-bond donors (Lipinski definition) is 0. The first-order valence-corrected chi connectivity index (χ1v) is 29.8. The third kappa shape index (κ3) is 6.07. The highest BCUT2D eigenvalue weighted by molar-refractivity contribution is 7.02. The van der Waals surface area contributed by atoms with Gasteiger partial charge in [-0.2, -0.15) is 0 Å². The minimum absolute atomic E-state index is 0.0329. The molecular weight excluding hydrogens is 926 g/mol. The van der Waals surface area contributed by atoms with Crippen LogP contribution in [0, 0.1) is 6.92 Å². The van der Waals surface area contributed by atoms with Gasteiger partial charge in [-0.1, -0.05) is 169 Å². The molecule has 0 saturated heterocycles. The van der Waals surface area contributed by atoms with E-state index in [9.17, 15) is 0 Å². The Morgan fingerprint density at radius 2 is 0.720 bits per heavy atom. The van der Waals surface area contributed by atoms with Crippen LogP contribution in [0.15, 0.2) is 218 Å². The summed E-state index contributed by atoms with van der Waals surface area (Å²) < 4.78 is 14.3. The van der Waals surface area contributed by atoms with Gasteiger partial charge in [0.25, 0.3) is 13.4 Å². The lowest BCUT2D eigenvalue weighted by Gasteiger charge is -2.39. The molecule has 16 rings (SSSR count). The van der Waals surface area contributed by atoms with Crippen molar-refractivity contribution in [3.8, 4) is 45.3 Å². The van der Waals surface area contributed by atoms with Gasteiger partial charge in [-0.3, -0.25) is 0 Å². The van der Waals surface area contributed by atoms with Crippen LogP contribution in [0.25, 0.3) is 54.6 Å². The summed E-state index contributed by atoms with van der Waals surface area (Å²) in [5, 5.41) is 9.66. The molecule has 0 saturated carbocycles. The summed E-state index contributed by atoms with van der Waals surface area (Å²) in [5.41, 5.74) is 20.5. The number of aryl methyl sites for hydroxylation is 1. The van der Waals surface area contributed by atoms with Crippen molar-refractivity contribution in [3.05, 3.63) is 224 Å². The minimum Gasteiger partial charge on any atom is -0.458 e. The first-order chi connectivity index (χ1) is 36.8. The van der Waals surface area contributed by atoms with Crippen molar-refractivity contribution >= 4 is 126 Å². The Morgan fingerprint density at radius 3 is 1.16 bits per heavy atom. The smallest absolute Gasteiger partial charge is 0.252 e. The fourth-order valence-electron chi connectivity index (χ4n) is 13.7. The summed E-state index contributed by atoms with van der Waals surface area (Å²) in [6, 6.07) is 80.4. The lowest BCUT2D eigenvalue weighted by Crippen LogP contribution is -2.58. The highest BCUT2D eigenvalue weighted by Gasteiger charge is 2.45. The molecule has 4 aliphatic heterocycles. The number of benzene rings is 12. The average Bonchev–Trinajstić information content (AvgIpc) is 3.61. The standard InChI is InChI=1S/C68H48B2N2O2Si/c1-41-33-49-51-34-46(71(42-21-9-5-10-22-42)43-23-11-6-12-24-43)36-60-67(51)70(55-30-18-20-32-59(55)73-60)57-39-53-62(75(2,3)4)40-50-52-35-47(72(44-25-13-7-14-26-44)45-27-15-8-16-28-45)37-61-68(52)69(54-29-17-19-31-58(54)74-61)56-38-48(41)65(63(49)57)66(53)64(50)56/h5-40H,1-4H3. The number of anilines is 6. The van der Waals surface area contributed by atoms with Crippen molar-refractivity contribution in [2.45, 2.75) is 26.6 Å².